The number of amides is 1. The Hall–Kier alpha value is -1.93. The number of halogens is 1. The van der Waals surface area contributed by atoms with Gasteiger partial charge in [-0.3, -0.25) is 4.79 Å². The minimum Gasteiger partial charge on any atom is -0.325 e. The normalized spacial score (nSPS) is 12.8. The molecule has 0 saturated carbocycles. The fourth-order valence-electron chi connectivity index (χ4n) is 2.77. The molecule has 0 aliphatic rings. The Kier molecular flexibility index (Phi) is 7.60. The largest absolute Gasteiger partial charge is 0.325 e. The molecule has 0 fully saturated rings. The number of aryl methyl sites for hydroxylation is 1. The first-order valence-corrected chi connectivity index (χ1v) is 10.8. The van der Waals surface area contributed by atoms with Crippen LogP contribution in [0.2, 0.25) is 5.02 Å². The standard InChI is InChI=1S/C20H26ClN3O3S/c1-14-7-5-6-8-17(14)15(2)22-12-11-20(25)23-19-13-16(9-10-18(19)21)28(26,27)24(3)4/h5-10,13,15,22H,11-12H2,1-4H3,(H,23,25). The average molecular weight is 424 g/mol. The third-order valence-electron chi connectivity index (χ3n) is 4.45. The number of sulfonamides is 1. The quantitative estimate of drug-likeness (QED) is 0.680. The van der Waals surface area contributed by atoms with Crippen molar-refractivity contribution in [1.82, 2.24) is 9.62 Å². The van der Waals surface area contributed by atoms with E-state index in [1.807, 2.05) is 19.1 Å². The number of nitrogens with one attached hydrogen (secondary N) is 2. The molecule has 2 N–H and O–H groups in total. The molecule has 1 atom stereocenters. The summed E-state index contributed by atoms with van der Waals surface area (Å²) in [5, 5.41) is 6.30. The highest BCUT2D eigenvalue weighted by molar-refractivity contribution is 7.89. The van der Waals surface area contributed by atoms with Gasteiger partial charge in [-0.25, -0.2) is 12.7 Å². The van der Waals surface area contributed by atoms with E-state index in [2.05, 4.69) is 29.7 Å². The number of rotatable bonds is 8. The second kappa shape index (κ2) is 9.52. The van der Waals surface area contributed by atoms with Crippen LogP contribution in [-0.4, -0.2) is 39.3 Å². The second-order valence-corrected chi connectivity index (χ2v) is 9.32. The maximum absolute atomic E-state index is 12.3. The Morgan fingerprint density at radius 2 is 1.86 bits per heavy atom. The number of hydrogen-bond donors (Lipinski definition) is 2. The van der Waals surface area contributed by atoms with Gasteiger partial charge in [0.15, 0.2) is 0 Å². The topological polar surface area (TPSA) is 78.5 Å². The van der Waals surface area contributed by atoms with Gasteiger partial charge in [0, 0.05) is 33.1 Å². The van der Waals surface area contributed by atoms with Crippen LogP contribution in [0.15, 0.2) is 47.4 Å². The van der Waals surface area contributed by atoms with Crippen molar-refractivity contribution in [3.63, 3.8) is 0 Å². The first-order chi connectivity index (χ1) is 13.1. The van der Waals surface area contributed by atoms with E-state index in [9.17, 15) is 13.2 Å². The molecule has 2 rings (SSSR count). The van der Waals surface area contributed by atoms with Crippen molar-refractivity contribution in [3.05, 3.63) is 58.6 Å². The molecule has 2 aromatic rings. The van der Waals surface area contributed by atoms with Gasteiger partial charge in [0.05, 0.1) is 15.6 Å². The molecule has 1 unspecified atom stereocenters. The van der Waals surface area contributed by atoms with Gasteiger partial charge in [0.1, 0.15) is 0 Å². The highest BCUT2D eigenvalue weighted by Gasteiger charge is 2.19. The molecule has 152 valence electrons. The van der Waals surface area contributed by atoms with Gasteiger partial charge in [-0.1, -0.05) is 35.9 Å². The number of benzene rings is 2. The zero-order valence-electron chi connectivity index (χ0n) is 16.5. The molecular weight excluding hydrogens is 398 g/mol. The Morgan fingerprint density at radius 3 is 2.50 bits per heavy atom. The highest BCUT2D eigenvalue weighted by Crippen LogP contribution is 2.26. The molecule has 0 heterocycles. The van der Waals surface area contributed by atoms with Gasteiger partial charge < -0.3 is 10.6 Å². The third kappa shape index (κ3) is 5.54. The van der Waals surface area contributed by atoms with E-state index in [-0.39, 0.29) is 34.0 Å². The van der Waals surface area contributed by atoms with E-state index in [4.69, 9.17) is 11.6 Å². The van der Waals surface area contributed by atoms with Crippen LogP contribution in [0.3, 0.4) is 0 Å². The monoisotopic (exact) mass is 423 g/mol. The Balaban J connectivity index is 1.97. The minimum atomic E-state index is -3.60. The summed E-state index contributed by atoms with van der Waals surface area (Å²) in [6, 6.07) is 12.5. The first kappa shape index (κ1) is 22.4. The van der Waals surface area contributed by atoms with Gasteiger partial charge in [0.2, 0.25) is 15.9 Å². The van der Waals surface area contributed by atoms with Crippen LogP contribution in [0.25, 0.3) is 0 Å². The van der Waals surface area contributed by atoms with Crippen molar-refractivity contribution in [2.75, 3.05) is 26.0 Å². The Bertz CT molecular complexity index is 945. The van der Waals surface area contributed by atoms with Crippen LogP contribution in [0.4, 0.5) is 5.69 Å². The molecule has 0 bridgehead atoms. The molecule has 6 nitrogen and oxygen atoms in total. The zero-order valence-corrected chi connectivity index (χ0v) is 18.1. The summed E-state index contributed by atoms with van der Waals surface area (Å²) in [5.41, 5.74) is 2.66. The van der Waals surface area contributed by atoms with E-state index in [0.29, 0.717) is 6.54 Å². The molecule has 0 saturated heterocycles. The molecule has 28 heavy (non-hydrogen) atoms. The Morgan fingerprint density at radius 1 is 1.18 bits per heavy atom. The second-order valence-electron chi connectivity index (χ2n) is 6.76. The number of carbonyl (C=O) groups excluding carboxylic acids is 1. The molecule has 0 aliphatic carbocycles. The lowest BCUT2D eigenvalue weighted by atomic mass is 10.0. The summed E-state index contributed by atoms with van der Waals surface area (Å²) in [6.45, 7) is 4.58. The predicted molar refractivity (Wildman–Crippen MR) is 113 cm³/mol. The van der Waals surface area contributed by atoms with Crippen molar-refractivity contribution in [2.45, 2.75) is 31.2 Å². The summed E-state index contributed by atoms with van der Waals surface area (Å²) >= 11 is 6.11. The summed E-state index contributed by atoms with van der Waals surface area (Å²) in [4.78, 5) is 12.3. The van der Waals surface area contributed by atoms with Crippen molar-refractivity contribution < 1.29 is 13.2 Å². The lowest BCUT2D eigenvalue weighted by Gasteiger charge is -2.17. The lowest BCUT2D eigenvalue weighted by Crippen LogP contribution is -2.25. The number of anilines is 1. The molecule has 0 aliphatic heterocycles. The maximum atomic E-state index is 12.3. The number of carbonyl (C=O) groups is 1. The van der Waals surface area contributed by atoms with Crippen LogP contribution in [0, 0.1) is 6.92 Å². The summed E-state index contributed by atoms with van der Waals surface area (Å²) < 4.78 is 25.6. The summed E-state index contributed by atoms with van der Waals surface area (Å²) in [7, 11) is -0.708. The summed E-state index contributed by atoms with van der Waals surface area (Å²) in [6.07, 6.45) is 0.233. The molecule has 2 aromatic carbocycles. The van der Waals surface area contributed by atoms with Crippen LogP contribution in [-0.2, 0) is 14.8 Å². The molecular formula is C20H26ClN3O3S. The maximum Gasteiger partial charge on any atom is 0.242 e. The van der Waals surface area contributed by atoms with E-state index >= 15 is 0 Å². The van der Waals surface area contributed by atoms with Gasteiger partial charge in [-0.2, -0.15) is 0 Å². The number of nitrogens with zero attached hydrogens (tertiary/aromatic N) is 1. The van der Waals surface area contributed by atoms with E-state index in [1.54, 1.807) is 0 Å². The van der Waals surface area contributed by atoms with Crippen molar-refractivity contribution in [2.24, 2.45) is 0 Å². The van der Waals surface area contributed by atoms with E-state index in [0.717, 1.165) is 4.31 Å². The number of hydrogen-bond acceptors (Lipinski definition) is 4. The highest BCUT2D eigenvalue weighted by atomic mass is 35.5. The predicted octanol–water partition coefficient (Wildman–Crippen LogP) is 3.58. The van der Waals surface area contributed by atoms with Gasteiger partial charge in [-0.15, -0.1) is 0 Å². The SMILES string of the molecule is Cc1ccccc1C(C)NCCC(=O)Nc1cc(S(=O)(=O)N(C)C)ccc1Cl. The fourth-order valence-corrected chi connectivity index (χ4v) is 3.86. The van der Waals surface area contributed by atoms with E-state index in [1.165, 1.54) is 43.4 Å². The van der Waals surface area contributed by atoms with Crippen LogP contribution < -0.4 is 10.6 Å². The Labute approximate surface area is 171 Å². The molecule has 0 aromatic heterocycles. The summed E-state index contributed by atoms with van der Waals surface area (Å²) in [5.74, 6) is -0.245. The van der Waals surface area contributed by atoms with Crippen LogP contribution >= 0.6 is 11.6 Å². The molecule has 0 radical (unpaired) electrons. The fraction of sp³-hybridized carbons (Fsp3) is 0.350. The van der Waals surface area contributed by atoms with Crippen molar-refractivity contribution in [1.29, 1.82) is 0 Å². The average Bonchev–Trinajstić information content (AvgIpc) is 2.63. The molecule has 0 spiro atoms. The third-order valence-corrected chi connectivity index (χ3v) is 6.59. The lowest BCUT2D eigenvalue weighted by molar-refractivity contribution is -0.116. The van der Waals surface area contributed by atoms with Crippen LogP contribution in [0.5, 0.6) is 0 Å². The van der Waals surface area contributed by atoms with Crippen molar-refractivity contribution in [3.8, 4) is 0 Å². The van der Waals surface area contributed by atoms with Crippen molar-refractivity contribution >= 4 is 33.2 Å². The van der Waals surface area contributed by atoms with Crippen LogP contribution in [0.1, 0.15) is 30.5 Å². The molecule has 8 heteroatoms. The zero-order chi connectivity index (χ0) is 20.9. The van der Waals surface area contributed by atoms with Gasteiger partial charge in [-0.05, 0) is 43.2 Å². The van der Waals surface area contributed by atoms with E-state index < -0.39 is 10.0 Å². The van der Waals surface area contributed by atoms with Gasteiger partial charge >= 0.3 is 0 Å². The minimum absolute atomic E-state index is 0.0727. The smallest absolute Gasteiger partial charge is 0.242 e. The molecule has 1 amide bonds. The first-order valence-electron chi connectivity index (χ1n) is 8.93. The van der Waals surface area contributed by atoms with Gasteiger partial charge in [0.25, 0.3) is 0 Å².